The van der Waals surface area contributed by atoms with Crippen molar-refractivity contribution in [3.05, 3.63) is 223 Å². The SMILES string of the molecule is CC1(C)c2ccccc2-c2cccc(-c3cccc(-c4nc(-c5cccc(-c6ccccc6)c5)nc(-c5cccc(-c6ccc7c(c6)oc6cccc(-c8ccccc8)c67)c5)n4)c3)c21. The van der Waals surface area contributed by atoms with Crippen molar-refractivity contribution in [3.63, 3.8) is 0 Å². The minimum Gasteiger partial charge on any atom is -0.456 e. The maximum atomic E-state index is 6.52. The Morgan fingerprint density at radius 1 is 0.328 bits per heavy atom. The van der Waals surface area contributed by atoms with Crippen molar-refractivity contribution < 1.29 is 4.42 Å². The largest absolute Gasteiger partial charge is 0.456 e. The summed E-state index contributed by atoms with van der Waals surface area (Å²) in [5, 5.41) is 2.22. The van der Waals surface area contributed by atoms with Gasteiger partial charge < -0.3 is 4.42 Å². The summed E-state index contributed by atoms with van der Waals surface area (Å²) in [5.74, 6) is 1.83. The quantitative estimate of drug-likeness (QED) is 0.161. The van der Waals surface area contributed by atoms with E-state index in [1.54, 1.807) is 0 Å². The summed E-state index contributed by atoms with van der Waals surface area (Å²) in [6.07, 6.45) is 0. The Labute approximate surface area is 372 Å². The molecule has 4 heteroatoms. The summed E-state index contributed by atoms with van der Waals surface area (Å²) in [4.78, 5) is 15.7. The molecule has 1 aliphatic rings. The van der Waals surface area contributed by atoms with Gasteiger partial charge in [-0.3, -0.25) is 0 Å². The molecular formula is C60H41N3O. The van der Waals surface area contributed by atoms with E-state index in [0.717, 1.165) is 72.0 Å². The van der Waals surface area contributed by atoms with Gasteiger partial charge in [-0.15, -0.1) is 0 Å². The zero-order valence-electron chi connectivity index (χ0n) is 35.5. The molecule has 4 nitrogen and oxygen atoms in total. The van der Waals surface area contributed by atoms with Crippen LogP contribution in [0.2, 0.25) is 0 Å². The Bertz CT molecular complexity index is 3590. The van der Waals surface area contributed by atoms with E-state index < -0.39 is 0 Å². The molecular weight excluding hydrogens is 779 g/mol. The molecule has 0 aliphatic heterocycles. The van der Waals surface area contributed by atoms with Crippen LogP contribution in [0.1, 0.15) is 25.0 Å². The number of fused-ring (bicyclic) bond motifs is 6. The van der Waals surface area contributed by atoms with Crippen LogP contribution in [-0.4, -0.2) is 15.0 Å². The number of hydrogen-bond donors (Lipinski definition) is 0. The number of aromatic nitrogens is 3. The molecule has 0 atom stereocenters. The number of benzene rings is 9. The first-order valence-corrected chi connectivity index (χ1v) is 21.8. The van der Waals surface area contributed by atoms with Crippen molar-refractivity contribution in [2.75, 3.05) is 0 Å². The first-order valence-electron chi connectivity index (χ1n) is 21.8. The predicted molar refractivity (Wildman–Crippen MR) is 263 cm³/mol. The summed E-state index contributed by atoms with van der Waals surface area (Å²) in [6, 6.07) is 74.8. The van der Waals surface area contributed by atoms with Gasteiger partial charge in [0.1, 0.15) is 11.2 Å². The number of hydrogen-bond acceptors (Lipinski definition) is 4. The third-order valence-corrected chi connectivity index (χ3v) is 12.9. The number of furan rings is 1. The second-order valence-corrected chi connectivity index (χ2v) is 17.2. The molecule has 0 unspecified atom stereocenters. The van der Waals surface area contributed by atoms with Crippen molar-refractivity contribution in [1.29, 1.82) is 0 Å². The Hall–Kier alpha value is -8.21. The van der Waals surface area contributed by atoms with E-state index in [1.807, 2.05) is 12.1 Å². The van der Waals surface area contributed by atoms with Gasteiger partial charge in [-0.25, -0.2) is 15.0 Å². The summed E-state index contributed by atoms with van der Waals surface area (Å²) in [5.41, 5.74) is 18.6. The number of rotatable bonds is 7. The lowest BCUT2D eigenvalue weighted by Crippen LogP contribution is -2.16. The second kappa shape index (κ2) is 15.0. The molecule has 0 amide bonds. The van der Waals surface area contributed by atoms with E-state index in [-0.39, 0.29) is 5.41 Å². The van der Waals surface area contributed by atoms with Crippen LogP contribution in [0.3, 0.4) is 0 Å². The maximum absolute atomic E-state index is 6.52. The lowest BCUT2D eigenvalue weighted by molar-refractivity contribution is 0.662. The molecule has 0 bridgehead atoms. The molecule has 0 spiro atoms. The molecule has 2 heterocycles. The molecule has 12 rings (SSSR count). The Morgan fingerprint density at radius 3 is 1.48 bits per heavy atom. The van der Waals surface area contributed by atoms with E-state index in [4.69, 9.17) is 19.4 Å². The molecule has 0 saturated carbocycles. The molecule has 64 heavy (non-hydrogen) atoms. The van der Waals surface area contributed by atoms with Crippen LogP contribution >= 0.6 is 0 Å². The van der Waals surface area contributed by atoms with E-state index in [9.17, 15) is 0 Å². The smallest absolute Gasteiger partial charge is 0.164 e. The van der Waals surface area contributed by atoms with Gasteiger partial charge in [0, 0.05) is 32.9 Å². The fraction of sp³-hybridized carbons (Fsp3) is 0.0500. The van der Waals surface area contributed by atoms with E-state index in [1.165, 1.54) is 33.4 Å². The van der Waals surface area contributed by atoms with Crippen molar-refractivity contribution >= 4 is 21.9 Å². The standard InChI is InChI=1S/C60H41N3O/c1-60(2)52-30-10-9-26-49(52)50-29-14-28-48(56(50)60)43-22-13-25-46(36-43)59-62-57(44-23-11-20-40(34-44)38-16-5-3-6-17-38)61-58(63-59)45-24-12-21-41(35-45)42-32-33-51-54(37-42)64-53-31-15-27-47(55(51)53)39-18-7-4-8-19-39/h3-37H,1-2H3. The third-order valence-electron chi connectivity index (χ3n) is 12.9. The second-order valence-electron chi connectivity index (χ2n) is 17.2. The van der Waals surface area contributed by atoms with Crippen LogP contribution < -0.4 is 0 Å². The van der Waals surface area contributed by atoms with Gasteiger partial charge in [-0.2, -0.15) is 0 Å². The molecule has 2 aromatic heterocycles. The van der Waals surface area contributed by atoms with Crippen LogP contribution in [0.4, 0.5) is 0 Å². The molecule has 0 N–H and O–H groups in total. The molecule has 0 radical (unpaired) electrons. The van der Waals surface area contributed by atoms with Crippen LogP contribution in [-0.2, 0) is 5.41 Å². The minimum absolute atomic E-state index is 0.152. The van der Waals surface area contributed by atoms with Crippen molar-refractivity contribution in [2.24, 2.45) is 0 Å². The Kier molecular flexibility index (Phi) is 8.80. The summed E-state index contributed by atoms with van der Waals surface area (Å²) >= 11 is 0. The lowest BCUT2D eigenvalue weighted by atomic mass is 9.79. The van der Waals surface area contributed by atoms with E-state index in [0.29, 0.717) is 17.5 Å². The molecule has 0 fully saturated rings. The van der Waals surface area contributed by atoms with Crippen LogP contribution in [0.5, 0.6) is 0 Å². The van der Waals surface area contributed by atoms with Gasteiger partial charge in [0.25, 0.3) is 0 Å². The monoisotopic (exact) mass is 819 g/mol. The normalized spacial score (nSPS) is 12.7. The maximum Gasteiger partial charge on any atom is 0.164 e. The number of nitrogens with zero attached hydrogens (tertiary/aromatic N) is 3. The Balaban J connectivity index is 0.978. The van der Waals surface area contributed by atoms with Gasteiger partial charge in [-0.1, -0.05) is 190 Å². The molecule has 302 valence electrons. The summed E-state index contributed by atoms with van der Waals surface area (Å²) < 4.78 is 6.52. The van der Waals surface area contributed by atoms with Crippen molar-refractivity contribution in [2.45, 2.75) is 19.3 Å². The first kappa shape index (κ1) is 37.5. The molecule has 11 aromatic rings. The first-order chi connectivity index (χ1) is 31.5. The fourth-order valence-corrected chi connectivity index (χ4v) is 9.85. The van der Waals surface area contributed by atoms with Gasteiger partial charge >= 0.3 is 0 Å². The summed E-state index contributed by atoms with van der Waals surface area (Å²) in [6.45, 7) is 4.67. The lowest BCUT2D eigenvalue weighted by Gasteiger charge is -2.24. The van der Waals surface area contributed by atoms with Gasteiger partial charge in [-0.05, 0) is 103 Å². The fourth-order valence-electron chi connectivity index (χ4n) is 9.85. The van der Waals surface area contributed by atoms with Crippen LogP contribution in [0.25, 0.3) is 112 Å². The predicted octanol–water partition coefficient (Wildman–Crippen LogP) is 15.7. The van der Waals surface area contributed by atoms with Gasteiger partial charge in [0.2, 0.25) is 0 Å². The highest BCUT2D eigenvalue weighted by Crippen LogP contribution is 2.52. The zero-order valence-corrected chi connectivity index (χ0v) is 35.5. The minimum atomic E-state index is -0.152. The van der Waals surface area contributed by atoms with E-state index >= 15 is 0 Å². The summed E-state index contributed by atoms with van der Waals surface area (Å²) in [7, 11) is 0. The van der Waals surface area contributed by atoms with Gasteiger partial charge in [0.15, 0.2) is 17.5 Å². The van der Waals surface area contributed by atoms with Gasteiger partial charge in [0.05, 0.1) is 0 Å². The topological polar surface area (TPSA) is 51.8 Å². The van der Waals surface area contributed by atoms with Crippen LogP contribution in [0, 0.1) is 0 Å². The molecule has 0 saturated heterocycles. The molecule has 1 aliphatic carbocycles. The van der Waals surface area contributed by atoms with E-state index in [2.05, 4.69) is 214 Å². The van der Waals surface area contributed by atoms with Crippen molar-refractivity contribution in [1.82, 2.24) is 15.0 Å². The van der Waals surface area contributed by atoms with Crippen molar-refractivity contribution in [3.8, 4) is 89.8 Å². The molecule has 9 aromatic carbocycles. The highest BCUT2D eigenvalue weighted by atomic mass is 16.3. The highest BCUT2D eigenvalue weighted by Gasteiger charge is 2.37. The average molecular weight is 820 g/mol. The highest BCUT2D eigenvalue weighted by molar-refractivity contribution is 6.13. The average Bonchev–Trinajstić information content (AvgIpc) is 3.86. The third kappa shape index (κ3) is 6.34. The Morgan fingerprint density at radius 2 is 0.797 bits per heavy atom. The zero-order chi connectivity index (χ0) is 42.8. The van der Waals surface area contributed by atoms with Crippen LogP contribution in [0.15, 0.2) is 217 Å².